The summed E-state index contributed by atoms with van der Waals surface area (Å²) >= 11 is 0. The van der Waals surface area contributed by atoms with Gasteiger partial charge in [0, 0.05) is 18.9 Å². The Balaban J connectivity index is 2.57. The SMILES string of the molecule is CCCC(=O)c1nn(C)c2ccccc12. The molecule has 0 atom stereocenters. The monoisotopic (exact) mass is 202 g/mol. The van der Waals surface area contributed by atoms with Gasteiger partial charge in [0.05, 0.1) is 5.52 Å². The number of nitrogens with zero attached hydrogens (tertiary/aromatic N) is 2. The number of hydrogen-bond donors (Lipinski definition) is 0. The van der Waals surface area contributed by atoms with E-state index in [1.165, 1.54) is 0 Å². The fourth-order valence-electron chi connectivity index (χ4n) is 1.77. The maximum Gasteiger partial charge on any atom is 0.183 e. The average Bonchev–Trinajstić information content (AvgIpc) is 2.58. The molecule has 1 aromatic heterocycles. The lowest BCUT2D eigenvalue weighted by Gasteiger charge is -1.93. The molecule has 0 aliphatic rings. The molecule has 15 heavy (non-hydrogen) atoms. The summed E-state index contributed by atoms with van der Waals surface area (Å²) < 4.78 is 1.76. The summed E-state index contributed by atoms with van der Waals surface area (Å²) in [4.78, 5) is 11.8. The second-order valence-electron chi connectivity index (χ2n) is 3.66. The van der Waals surface area contributed by atoms with E-state index >= 15 is 0 Å². The summed E-state index contributed by atoms with van der Waals surface area (Å²) in [6, 6.07) is 7.82. The van der Waals surface area contributed by atoms with Gasteiger partial charge in [0.25, 0.3) is 0 Å². The fourth-order valence-corrected chi connectivity index (χ4v) is 1.77. The van der Waals surface area contributed by atoms with Crippen LogP contribution in [0.1, 0.15) is 30.3 Å². The summed E-state index contributed by atoms with van der Waals surface area (Å²) in [5.41, 5.74) is 1.62. The van der Waals surface area contributed by atoms with Crippen molar-refractivity contribution in [2.24, 2.45) is 7.05 Å². The van der Waals surface area contributed by atoms with Gasteiger partial charge in [-0.15, -0.1) is 0 Å². The first kappa shape index (κ1) is 9.90. The summed E-state index contributed by atoms with van der Waals surface area (Å²) in [7, 11) is 1.87. The van der Waals surface area contributed by atoms with Gasteiger partial charge in [-0.2, -0.15) is 5.10 Å². The van der Waals surface area contributed by atoms with Crippen LogP contribution < -0.4 is 0 Å². The van der Waals surface area contributed by atoms with E-state index in [0.717, 1.165) is 17.3 Å². The predicted molar refractivity (Wildman–Crippen MR) is 60.0 cm³/mol. The molecular weight excluding hydrogens is 188 g/mol. The lowest BCUT2D eigenvalue weighted by Crippen LogP contribution is -2.00. The Bertz CT molecular complexity index is 499. The van der Waals surface area contributed by atoms with E-state index in [4.69, 9.17) is 0 Å². The van der Waals surface area contributed by atoms with Crippen LogP contribution in [0.3, 0.4) is 0 Å². The van der Waals surface area contributed by atoms with E-state index in [1.807, 2.05) is 38.2 Å². The number of hydrogen-bond acceptors (Lipinski definition) is 2. The summed E-state index contributed by atoms with van der Waals surface area (Å²) in [6.45, 7) is 2.00. The van der Waals surface area contributed by atoms with Gasteiger partial charge in [0.15, 0.2) is 5.78 Å². The number of aromatic nitrogens is 2. The highest BCUT2D eigenvalue weighted by atomic mass is 16.1. The molecule has 0 N–H and O–H groups in total. The zero-order valence-corrected chi connectivity index (χ0v) is 9.03. The van der Waals surface area contributed by atoms with Crippen molar-refractivity contribution in [3.8, 4) is 0 Å². The number of ketones is 1. The van der Waals surface area contributed by atoms with E-state index in [0.29, 0.717) is 12.1 Å². The molecule has 0 amide bonds. The number of rotatable bonds is 3. The topological polar surface area (TPSA) is 34.9 Å². The Kier molecular flexibility index (Phi) is 2.54. The van der Waals surface area contributed by atoms with Crippen LogP contribution in [0.4, 0.5) is 0 Å². The number of para-hydroxylation sites is 1. The van der Waals surface area contributed by atoms with Crippen molar-refractivity contribution in [1.29, 1.82) is 0 Å². The Morgan fingerprint density at radius 3 is 2.87 bits per heavy atom. The molecule has 1 heterocycles. The molecular formula is C12H14N2O. The highest BCUT2D eigenvalue weighted by molar-refractivity contribution is 6.05. The van der Waals surface area contributed by atoms with Gasteiger partial charge < -0.3 is 0 Å². The van der Waals surface area contributed by atoms with Crippen LogP contribution in [0.25, 0.3) is 10.9 Å². The maximum atomic E-state index is 11.8. The number of fused-ring (bicyclic) bond motifs is 1. The van der Waals surface area contributed by atoms with Gasteiger partial charge >= 0.3 is 0 Å². The van der Waals surface area contributed by atoms with Gasteiger partial charge in [-0.1, -0.05) is 25.1 Å². The van der Waals surface area contributed by atoms with Crippen molar-refractivity contribution >= 4 is 16.7 Å². The molecule has 0 spiro atoms. The highest BCUT2D eigenvalue weighted by Crippen LogP contribution is 2.18. The quantitative estimate of drug-likeness (QED) is 0.717. The number of Topliss-reactive ketones (excluding diaryl/α,β-unsaturated/α-hetero) is 1. The Morgan fingerprint density at radius 2 is 2.13 bits per heavy atom. The summed E-state index contributed by atoms with van der Waals surface area (Å²) in [5, 5.41) is 5.23. The summed E-state index contributed by atoms with van der Waals surface area (Å²) in [6.07, 6.45) is 1.44. The van der Waals surface area contributed by atoms with Crippen molar-refractivity contribution in [1.82, 2.24) is 9.78 Å². The van der Waals surface area contributed by atoms with E-state index in [1.54, 1.807) is 4.68 Å². The molecule has 0 bridgehead atoms. The minimum Gasteiger partial charge on any atom is -0.292 e. The highest BCUT2D eigenvalue weighted by Gasteiger charge is 2.14. The molecule has 1 aromatic carbocycles. The smallest absolute Gasteiger partial charge is 0.183 e. The molecule has 3 heteroatoms. The Labute approximate surface area is 88.7 Å². The molecule has 0 aliphatic heterocycles. The summed E-state index contributed by atoms with van der Waals surface area (Å²) in [5.74, 6) is 0.134. The minimum atomic E-state index is 0.134. The van der Waals surface area contributed by atoms with Crippen LogP contribution in [0.2, 0.25) is 0 Å². The third-order valence-corrected chi connectivity index (χ3v) is 2.50. The molecule has 0 aliphatic carbocycles. The maximum absolute atomic E-state index is 11.8. The van der Waals surface area contributed by atoms with E-state index in [-0.39, 0.29) is 5.78 Å². The van der Waals surface area contributed by atoms with Crippen molar-refractivity contribution in [3.63, 3.8) is 0 Å². The zero-order valence-electron chi connectivity index (χ0n) is 9.03. The first-order valence-electron chi connectivity index (χ1n) is 5.19. The van der Waals surface area contributed by atoms with Crippen LogP contribution in [0, 0.1) is 0 Å². The van der Waals surface area contributed by atoms with Crippen molar-refractivity contribution in [3.05, 3.63) is 30.0 Å². The van der Waals surface area contributed by atoms with Gasteiger partial charge in [-0.3, -0.25) is 9.48 Å². The van der Waals surface area contributed by atoms with Crippen LogP contribution >= 0.6 is 0 Å². The first-order chi connectivity index (χ1) is 7.24. The van der Waals surface area contributed by atoms with Crippen LogP contribution in [-0.2, 0) is 7.05 Å². The number of carbonyl (C=O) groups excluding carboxylic acids is 1. The molecule has 0 saturated carbocycles. The van der Waals surface area contributed by atoms with Crippen molar-refractivity contribution in [2.75, 3.05) is 0 Å². The number of aryl methyl sites for hydroxylation is 1. The normalized spacial score (nSPS) is 10.8. The second-order valence-corrected chi connectivity index (χ2v) is 3.66. The molecule has 3 nitrogen and oxygen atoms in total. The average molecular weight is 202 g/mol. The van der Waals surface area contributed by atoms with Gasteiger partial charge in [0.2, 0.25) is 0 Å². The van der Waals surface area contributed by atoms with Crippen molar-refractivity contribution in [2.45, 2.75) is 19.8 Å². The van der Waals surface area contributed by atoms with Gasteiger partial charge in [0.1, 0.15) is 5.69 Å². The lowest BCUT2D eigenvalue weighted by atomic mass is 10.1. The van der Waals surface area contributed by atoms with E-state index < -0.39 is 0 Å². The van der Waals surface area contributed by atoms with Gasteiger partial charge in [-0.25, -0.2) is 0 Å². The molecule has 0 unspecified atom stereocenters. The molecule has 2 rings (SSSR count). The standard InChI is InChI=1S/C12H14N2O/c1-3-6-11(15)12-9-7-4-5-8-10(9)14(2)13-12/h4-5,7-8H,3,6H2,1-2H3. The third-order valence-electron chi connectivity index (χ3n) is 2.50. The molecule has 0 fully saturated rings. The largest absolute Gasteiger partial charge is 0.292 e. The van der Waals surface area contributed by atoms with Gasteiger partial charge in [-0.05, 0) is 12.5 Å². The molecule has 0 radical (unpaired) electrons. The van der Waals surface area contributed by atoms with Crippen LogP contribution in [0.5, 0.6) is 0 Å². The number of carbonyl (C=O) groups is 1. The second kappa shape index (κ2) is 3.85. The minimum absolute atomic E-state index is 0.134. The van der Waals surface area contributed by atoms with E-state index in [2.05, 4.69) is 5.10 Å². The lowest BCUT2D eigenvalue weighted by molar-refractivity contribution is 0.0978. The molecule has 78 valence electrons. The van der Waals surface area contributed by atoms with Crippen LogP contribution in [-0.4, -0.2) is 15.6 Å². The number of benzene rings is 1. The first-order valence-corrected chi connectivity index (χ1v) is 5.19. The zero-order chi connectivity index (χ0) is 10.8. The molecule has 2 aromatic rings. The fraction of sp³-hybridized carbons (Fsp3) is 0.333. The molecule has 0 saturated heterocycles. The Hall–Kier alpha value is -1.64. The van der Waals surface area contributed by atoms with Crippen LogP contribution in [0.15, 0.2) is 24.3 Å². The van der Waals surface area contributed by atoms with E-state index in [9.17, 15) is 4.79 Å². The predicted octanol–water partition coefficient (Wildman–Crippen LogP) is 2.56. The Morgan fingerprint density at radius 1 is 1.40 bits per heavy atom. The van der Waals surface area contributed by atoms with Crippen molar-refractivity contribution < 1.29 is 4.79 Å². The third kappa shape index (κ3) is 1.65.